The lowest BCUT2D eigenvalue weighted by molar-refractivity contribution is -0.134. The standard InChI is InChI=1S/C12H13FN2O5S/c13-10-5-7(3-4-21(18,19)20)9(6-14-10)8-1-2-11(16)15-12(8)17/h5-6,8H,1-4H2,(H,15,16,17)(H,18,19,20). The van der Waals surface area contributed by atoms with Gasteiger partial charge in [-0.3, -0.25) is 19.5 Å². The van der Waals surface area contributed by atoms with Crippen LogP contribution in [0.4, 0.5) is 4.39 Å². The molecule has 0 saturated carbocycles. The average Bonchev–Trinajstić information content (AvgIpc) is 2.36. The van der Waals surface area contributed by atoms with Crippen LogP contribution in [0.2, 0.25) is 0 Å². The highest BCUT2D eigenvalue weighted by molar-refractivity contribution is 7.85. The fourth-order valence-corrected chi connectivity index (χ4v) is 2.72. The number of carbonyl (C=O) groups excluding carboxylic acids is 2. The lowest BCUT2D eigenvalue weighted by atomic mass is 9.88. The lowest BCUT2D eigenvalue weighted by Crippen LogP contribution is -2.39. The summed E-state index contributed by atoms with van der Waals surface area (Å²) in [6, 6.07) is 1.03. The number of aromatic nitrogens is 1. The SMILES string of the molecule is O=C1CCC(c2cnc(F)cc2CCS(=O)(=O)O)C(=O)N1. The van der Waals surface area contributed by atoms with Crippen LogP contribution in [0.25, 0.3) is 0 Å². The molecule has 0 aliphatic carbocycles. The first kappa shape index (κ1) is 15.5. The number of hydrogen-bond donors (Lipinski definition) is 2. The van der Waals surface area contributed by atoms with E-state index < -0.39 is 33.6 Å². The molecule has 0 spiro atoms. The van der Waals surface area contributed by atoms with Crippen molar-refractivity contribution in [1.82, 2.24) is 10.3 Å². The van der Waals surface area contributed by atoms with E-state index in [4.69, 9.17) is 4.55 Å². The quantitative estimate of drug-likeness (QED) is 0.465. The molecule has 2 rings (SSSR count). The van der Waals surface area contributed by atoms with Crippen molar-refractivity contribution in [2.75, 3.05) is 5.75 Å². The van der Waals surface area contributed by atoms with E-state index in [9.17, 15) is 22.4 Å². The van der Waals surface area contributed by atoms with E-state index in [-0.39, 0.29) is 30.7 Å². The molecule has 2 amide bonds. The van der Waals surface area contributed by atoms with Crippen LogP contribution >= 0.6 is 0 Å². The molecule has 0 radical (unpaired) electrons. The van der Waals surface area contributed by atoms with Gasteiger partial charge < -0.3 is 0 Å². The fraction of sp³-hybridized carbons (Fsp3) is 0.417. The first-order valence-electron chi connectivity index (χ1n) is 6.19. The van der Waals surface area contributed by atoms with E-state index in [2.05, 4.69) is 10.3 Å². The highest BCUT2D eigenvalue weighted by Crippen LogP contribution is 2.27. The number of rotatable bonds is 4. The second-order valence-electron chi connectivity index (χ2n) is 4.75. The topological polar surface area (TPSA) is 113 Å². The Hall–Kier alpha value is -1.87. The van der Waals surface area contributed by atoms with Crippen molar-refractivity contribution in [2.24, 2.45) is 0 Å². The number of halogens is 1. The van der Waals surface area contributed by atoms with Crippen LogP contribution in [-0.4, -0.2) is 35.5 Å². The van der Waals surface area contributed by atoms with Gasteiger partial charge in [0.05, 0.1) is 11.7 Å². The number of hydrogen-bond acceptors (Lipinski definition) is 5. The van der Waals surface area contributed by atoms with Gasteiger partial charge >= 0.3 is 0 Å². The smallest absolute Gasteiger partial charge is 0.265 e. The number of nitrogens with zero attached hydrogens (tertiary/aromatic N) is 1. The molecule has 2 heterocycles. The summed E-state index contributed by atoms with van der Waals surface area (Å²) in [6.07, 6.45) is 1.41. The predicted molar refractivity (Wildman–Crippen MR) is 69.4 cm³/mol. The predicted octanol–water partition coefficient (Wildman–Crippen LogP) is 0.171. The molecule has 1 aromatic heterocycles. The number of amides is 2. The molecule has 0 bridgehead atoms. The van der Waals surface area contributed by atoms with Crippen molar-refractivity contribution in [3.63, 3.8) is 0 Å². The van der Waals surface area contributed by atoms with E-state index in [0.29, 0.717) is 5.56 Å². The minimum absolute atomic E-state index is 0.144. The van der Waals surface area contributed by atoms with Crippen molar-refractivity contribution in [1.29, 1.82) is 0 Å². The maximum Gasteiger partial charge on any atom is 0.265 e. The molecule has 0 aromatic carbocycles. The van der Waals surface area contributed by atoms with Gasteiger partial charge in [-0.15, -0.1) is 0 Å². The molecule has 9 heteroatoms. The Morgan fingerprint density at radius 2 is 2.14 bits per heavy atom. The Kier molecular flexibility index (Phi) is 4.33. The molecule has 21 heavy (non-hydrogen) atoms. The summed E-state index contributed by atoms with van der Waals surface area (Å²) in [5.41, 5.74) is 0.639. The van der Waals surface area contributed by atoms with E-state index >= 15 is 0 Å². The largest absolute Gasteiger partial charge is 0.296 e. The molecular weight excluding hydrogens is 303 g/mol. The summed E-state index contributed by atoms with van der Waals surface area (Å²) in [6.45, 7) is 0. The molecule has 1 saturated heterocycles. The minimum atomic E-state index is -4.20. The maximum absolute atomic E-state index is 13.2. The van der Waals surface area contributed by atoms with Crippen LogP contribution in [0, 0.1) is 5.95 Å². The summed E-state index contributed by atoms with van der Waals surface area (Å²) in [7, 11) is -4.20. The van der Waals surface area contributed by atoms with Crippen molar-refractivity contribution in [2.45, 2.75) is 25.2 Å². The van der Waals surface area contributed by atoms with Crippen molar-refractivity contribution >= 4 is 21.9 Å². The van der Waals surface area contributed by atoms with Crippen LogP contribution < -0.4 is 5.32 Å². The number of imide groups is 1. The second-order valence-corrected chi connectivity index (χ2v) is 6.32. The number of piperidine rings is 1. The highest BCUT2D eigenvalue weighted by atomic mass is 32.2. The summed E-state index contributed by atoms with van der Waals surface area (Å²) >= 11 is 0. The van der Waals surface area contributed by atoms with Crippen molar-refractivity contribution in [3.05, 3.63) is 29.3 Å². The molecule has 1 aliphatic rings. The first-order valence-corrected chi connectivity index (χ1v) is 7.80. The van der Waals surface area contributed by atoms with Gasteiger partial charge in [0.15, 0.2) is 0 Å². The highest BCUT2D eigenvalue weighted by Gasteiger charge is 2.30. The minimum Gasteiger partial charge on any atom is -0.296 e. The van der Waals surface area contributed by atoms with Gasteiger partial charge in [-0.05, 0) is 30.0 Å². The van der Waals surface area contributed by atoms with E-state index in [1.807, 2.05) is 0 Å². The molecular formula is C12H13FN2O5S. The van der Waals surface area contributed by atoms with Gasteiger partial charge in [-0.25, -0.2) is 4.98 Å². The first-order chi connectivity index (χ1) is 9.76. The van der Waals surface area contributed by atoms with Gasteiger partial charge in [0.2, 0.25) is 17.8 Å². The van der Waals surface area contributed by atoms with Crippen LogP contribution in [0.15, 0.2) is 12.3 Å². The number of aryl methyl sites for hydroxylation is 1. The number of nitrogens with one attached hydrogen (secondary N) is 1. The van der Waals surface area contributed by atoms with Crippen LogP contribution in [0.3, 0.4) is 0 Å². The normalized spacial score (nSPS) is 19.4. The molecule has 1 fully saturated rings. The zero-order chi connectivity index (χ0) is 15.6. The maximum atomic E-state index is 13.2. The molecule has 1 unspecified atom stereocenters. The Morgan fingerprint density at radius 1 is 1.43 bits per heavy atom. The van der Waals surface area contributed by atoms with E-state index in [1.54, 1.807) is 0 Å². The van der Waals surface area contributed by atoms with Crippen molar-refractivity contribution in [3.8, 4) is 0 Å². The van der Waals surface area contributed by atoms with Gasteiger partial charge in [-0.1, -0.05) is 0 Å². The number of pyridine rings is 1. The Balaban J connectivity index is 2.30. The second kappa shape index (κ2) is 5.86. The van der Waals surface area contributed by atoms with Gasteiger partial charge in [-0.2, -0.15) is 12.8 Å². The molecule has 2 N–H and O–H groups in total. The molecule has 1 atom stereocenters. The van der Waals surface area contributed by atoms with Gasteiger partial charge in [0.1, 0.15) is 0 Å². The third-order valence-corrected chi connectivity index (χ3v) is 3.96. The Labute approximate surface area is 120 Å². The van der Waals surface area contributed by atoms with Crippen LogP contribution in [0.1, 0.15) is 29.9 Å². The molecule has 1 aromatic rings. The molecule has 1 aliphatic heterocycles. The average molecular weight is 316 g/mol. The van der Waals surface area contributed by atoms with E-state index in [0.717, 1.165) is 12.3 Å². The zero-order valence-corrected chi connectivity index (χ0v) is 11.7. The molecule has 114 valence electrons. The fourth-order valence-electron chi connectivity index (χ4n) is 2.24. The third kappa shape index (κ3) is 4.05. The summed E-state index contributed by atoms with van der Waals surface area (Å²) in [5, 5.41) is 2.17. The summed E-state index contributed by atoms with van der Waals surface area (Å²) in [4.78, 5) is 26.4. The Morgan fingerprint density at radius 3 is 2.76 bits per heavy atom. The van der Waals surface area contributed by atoms with Crippen LogP contribution in [-0.2, 0) is 26.1 Å². The lowest BCUT2D eigenvalue weighted by Gasteiger charge is -2.22. The molecule has 7 nitrogen and oxygen atoms in total. The van der Waals surface area contributed by atoms with Gasteiger partial charge in [0, 0.05) is 12.6 Å². The monoisotopic (exact) mass is 316 g/mol. The summed E-state index contributed by atoms with van der Waals surface area (Å²) < 4.78 is 43.6. The van der Waals surface area contributed by atoms with Crippen molar-refractivity contribution < 1.29 is 27.0 Å². The summed E-state index contributed by atoms with van der Waals surface area (Å²) in [5.74, 6) is -2.99. The zero-order valence-electron chi connectivity index (χ0n) is 10.9. The van der Waals surface area contributed by atoms with E-state index in [1.165, 1.54) is 0 Å². The third-order valence-electron chi connectivity index (χ3n) is 3.24. The number of carbonyl (C=O) groups is 2. The Bertz CT molecular complexity index is 689. The van der Waals surface area contributed by atoms with Crippen LogP contribution in [0.5, 0.6) is 0 Å². The van der Waals surface area contributed by atoms with Gasteiger partial charge in [0.25, 0.3) is 10.1 Å².